The fraction of sp³-hybridized carbons (Fsp3) is 0.308. The number of hydrogen-bond acceptors (Lipinski definition) is 5. The molecule has 2 heterocycles. The first-order chi connectivity index (χ1) is 8.81. The summed E-state index contributed by atoms with van der Waals surface area (Å²) in [5.74, 6) is 1.74. The number of pyridine rings is 1. The summed E-state index contributed by atoms with van der Waals surface area (Å²) in [5, 5.41) is 6.37. The van der Waals surface area contributed by atoms with Crippen LogP contribution in [-0.4, -0.2) is 28.5 Å². The minimum absolute atomic E-state index is 0.838. The monoisotopic (exact) mass is 243 g/mol. The molecular formula is C13H17N5. The SMILES string of the molecule is CNc1ncnc(NCCc2ccncc2)c1C. The lowest BCUT2D eigenvalue weighted by atomic mass is 10.2. The quantitative estimate of drug-likeness (QED) is 0.839. The van der Waals surface area contributed by atoms with Crippen molar-refractivity contribution in [3.8, 4) is 0 Å². The molecule has 0 spiro atoms. The van der Waals surface area contributed by atoms with Gasteiger partial charge in [0, 0.05) is 31.5 Å². The van der Waals surface area contributed by atoms with Crippen LogP contribution >= 0.6 is 0 Å². The Morgan fingerprint density at radius 2 is 1.83 bits per heavy atom. The van der Waals surface area contributed by atoms with Crippen molar-refractivity contribution in [2.75, 3.05) is 24.2 Å². The lowest BCUT2D eigenvalue weighted by Crippen LogP contribution is -2.09. The molecule has 0 aromatic carbocycles. The van der Waals surface area contributed by atoms with Gasteiger partial charge >= 0.3 is 0 Å². The zero-order valence-corrected chi connectivity index (χ0v) is 10.6. The van der Waals surface area contributed by atoms with Gasteiger partial charge in [-0.1, -0.05) is 0 Å². The Kier molecular flexibility index (Phi) is 4.06. The number of aromatic nitrogens is 3. The van der Waals surface area contributed by atoms with Crippen molar-refractivity contribution in [2.45, 2.75) is 13.3 Å². The van der Waals surface area contributed by atoms with E-state index in [0.717, 1.165) is 30.2 Å². The van der Waals surface area contributed by atoms with Crippen LogP contribution in [0.25, 0.3) is 0 Å². The zero-order valence-electron chi connectivity index (χ0n) is 10.6. The molecule has 0 saturated heterocycles. The summed E-state index contributed by atoms with van der Waals surface area (Å²) in [6.07, 6.45) is 6.13. The van der Waals surface area contributed by atoms with Crippen LogP contribution in [0.1, 0.15) is 11.1 Å². The van der Waals surface area contributed by atoms with E-state index >= 15 is 0 Å². The summed E-state index contributed by atoms with van der Waals surface area (Å²) >= 11 is 0. The van der Waals surface area contributed by atoms with Crippen LogP contribution in [0.3, 0.4) is 0 Å². The van der Waals surface area contributed by atoms with E-state index in [4.69, 9.17) is 0 Å². The van der Waals surface area contributed by atoms with Crippen molar-refractivity contribution in [2.24, 2.45) is 0 Å². The predicted octanol–water partition coefficient (Wildman–Crippen LogP) is 1.88. The molecule has 0 saturated carbocycles. The summed E-state index contributed by atoms with van der Waals surface area (Å²) in [4.78, 5) is 12.4. The van der Waals surface area contributed by atoms with E-state index < -0.39 is 0 Å². The van der Waals surface area contributed by atoms with E-state index in [2.05, 4.69) is 25.6 Å². The maximum absolute atomic E-state index is 4.24. The van der Waals surface area contributed by atoms with Crippen LogP contribution in [0.5, 0.6) is 0 Å². The molecule has 94 valence electrons. The van der Waals surface area contributed by atoms with Crippen LogP contribution in [0.15, 0.2) is 30.9 Å². The molecule has 5 heteroatoms. The van der Waals surface area contributed by atoms with E-state index in [-0.39, 0.29) is 0 Å². The van der Waals surface area contributed by atoms with E-state index in [1.54, 1.807) is 6.33 Å². The molecule has 18 heavy (non-hydrogen) atoms. The topological polar surface area (TPSA) is 62.7 Å². The minimum atomic E-state index is 0.838. The summed E-state index contributed by atoms with van der Waals surface area (Å²) in [5.41, 5.74) is 2.30. The van der Waals surface area contributed by atoms with Gasteiger partial charge in [0.1, 0.15) is 18.0 Å². The molecule has 0 radical (unpaired) electrons. The van der Waals surface area contributed by atoms with E-state index in [0.29, 0.717) is 0 Å². The van der Waals surface area contributed by atoms with E-state index in [9.17, 15) is 0 Å². The standard InChI is InChI=1S/C13H17N5/c1-10-12(14-2)17-9-18-13(10)16-8-5-11-3-6-15-7-4-11/h3-4,6-7,9H,5,8H2,1-2H3,(H2,14,16,17,18). The Morgan fingerprint density at radius 3 is 2.56 bits per heavy atom. The van der Waals surface area contributed by atoms with E-state index in [1.165, 1.54) is 5.56 Å². The molecule has 2 N–H and O–H groups in total. The Hall–Kier alpha value is -2.17. The highest BCUT2D eigenvalue weighted by atomic mass is 15.1. The fourth-order valence-electron chi connectivity index (χ4n) is 1.76. The second-order valence-electron chi connectivity index (χ2n) is 3.98. The molecule has 0 amide bonds. The number of anilines is 2. The first-order valence-corrected chi connectivity index (χ1v) is 5.93. The molecule has 0 aliphatic carbocycles. The van der Waals surface area contributed by atoms with Crippen molar-refractivity contribution >= 4 is 11.6 Å². The Labute approximate surface area is 107 Å². The van der Waals surface area contributed by atoms with Crippen LogP contribution in [0, 0.1) is 6.92 Å². The largest absolute Gasteiger partial charge is 0.373 e. The van der Waals surface area contributed by atoms with Crippen molar-refractivity contribution in [3.05, 3.63) is 42.0 Å². The Morgan fingerprint density at radius 1 is 1.11 bits per heavy atom. The highest BCUT2D eigenvalue weighted by Gasteiger charge is 2.04. The number of nitrogens with zero attached hydrogens (tertiary/aromatic N) is 3. The molecular weight excluding hydrogens is 226 g/mol. The smallest absolute Gasteiger partial charge is 0.134 e. The van der Waals surface area contributed by atoms with E-state index in [1.807, 2.05) is 38.5 Å². The van der Waals surface area contributed by atoms with Gasteiger partial charge in [-0.2, -0.15) is 0 Å². The molecule has 0 aliphatic rings. The first-order valence-electron chi connectivity index (χ1n) is 5.93. The van der Waals surface area contributed by atoms with Gasteiger partial charge in [-0.15, -0.1) is 0 Å². The highest BCUT2D eigenvalue weighted by Crippen LogP contribution is 2.17. The van der Waals surface area contributed by atoms with Crippen molar-refractivity contribution in [1.29, 1.82) is 0 Å². The maximum Gasteiger partial charge on any atom is 0.134 e. The second kappa shape index (κ2) is 5.95. The molecule has 2 aromatic rings. The van der Waals surface area contributed by atoms with Crippen LogP contribution in [0.4, 0.5) is 11.6 Å². The summed E-state index contributed by atoms with van der Waals surface area (Å²) in [6, 6.07) is 4.04. The van der Waals surface area contributed by atoms with Gasteiger partial charge in [0.25, 0.3) is 0 Å². The molecule has 2 aromatic heterocycles. The molecule has 0 fully saturated rings. The van der Waals surface area contributed by atoms with Gasteiger partial charge in [0.15, 0.2) is 0 Å². The second-order valence-corrected chi connectivity index (χ2v) is 3.98. The molecule has 0 bridgehead atoms. The third-order valence-electron chi connectivity index (χ3n) is 2.78. The predicted molar refractivity (Wildman–Crippen MR) is 72.7 cm³/mol. The molecule has 0 unspecified atom stereocenters. The normalized spacial score (nSPS) is 10.1. The first kappa shape index (κ1) is 12.3. The van der Waals surface area contributed by atoms with Crippen LogP contribution in [-0.2, 0) is 6.42 Å². The van der Waals surface area contributed by atoms with Gasteiger partial charge in [-0.05, 0) is 31.0 Å². The third-order valence-corrected chi connectivity index (χ3v) is 2.78. The summed E-state index contributed by atoms with van der Waals surface area (Å²) < 4.78 is 0. The van der Waals surface area contributed by atoms with Crippen molar-refractivity contribution in [3.63, 3.8) is 0 Å². The van der Waals surface area contributed by atoms with Gasteiger partial charge in [-0.25, -0.2) is 9.97 Å². The summed E-state index contributed by atoms with van der Waals surface area (Å²) in [7, 11) is 1.86. The molecule has 5 nitrogen and oxygen atoms in total. The molecule has 0 atom stereocenters. The average molecular weight is 243 g/mol. The minimum Gasteiger partial charge on any atom is -0.373 e. The van der Waals surface area contributed by atoms with Crippen LogP contribution in [0.2, 0.25) is 0 Å². The van der Waals surface area contributed by atoms with Crippen molar-refractivity contribution < 1.29 is 0 Å². The van der Waals surface area contributed by atoms with Gasteiger partial charge < -0.3 is 10.6 Å². The zero-order chi connectivity index (χ0) is 12.8. The van der Waals surface area contributed by atoms with Gasteiger partial charge in [0.05, 0.1) is 0 Å². The van der Waals surface area contributed by atoms with Gasteiger partial charge in [-0.3, -0.25) is 4.98 Å². The number of hydrogen-bond donors (Lipinski definition) is 2. The number of nitrogens with one attached hydrogen (secondary N) is 2. The maximum atomic E-state index is 4.24. The van der Waals surface area contributed by atoms with Crippen LogP contribution < -0.4 is 10.6 Å². The Bertz CT molecular complexity index is 498. The Balaban J connectivity index is 1.95. The summed E-state index contributed by atoms with van der Waals surface area (Å²) in [6.45, 7) is 2.84. The number of rotatable bonds is 5. The lowest BCUT2D eigenvalue weighted by Gasteiger charge is -2.10. The lowest BCUT2D eigenvalue weighted by molar-refractivity contribution is 0.987. The highest BCUT2D eigenvalue weighted by molar-refractivity contribution is 5.56. The van der Waals surface area contributed by atoms with Gasteiger partial charge in [0.2, 0.25) is 0 Å². The third kappa shape index (κ3) is 2.94. The van der Waals surface area contributed by atoms with Crippen molar-refractivity contribution in [1.82, 2.24) is 15.0 Å². The average Bonchev–Trinajstić information content (AvgIpc) is 2.42. The molecule has 2 rings (SSSR count). The fourth-order valence-corrected chi connectivity index (χ4v) is 1.76. The molecule has 0 aliphatic heterocycles.